The van der Waals surface area contributed by atoms with E-state index in [-0.39, 0.29) is 18.6 Å². The molecule has 0 spiro atoms. The number of hydrogen-bond donors (Lipinski definition) is 0. The third kappa shape index (κ3) is 3.67. The van der Waals surface area contributed by atoms with Crippen LogP contribution in [0.5, 0.6) is 0 Å². The lowest BCUT2D eigenvalue weighted by Gasteiger charge is -2.19. The predicted molar refractivity (Wildman–Crippen MR) is 120 cm³/mol. The van der Waals surface area contributed by atoms with Gasteiger partial charge in [0, 0.05) is 18.4 Å². The summed E-state index contributed by atoms with van der Waals surface area (Å²) in [6, 6.07) is 26.9. The minimum Gasteiger partial charge on any atom is -0.293 e. The van der Waals surface area contributed by atoms with E-state index in [1.807, 2.05) is 78.9 Å². The summed E-state index contributed by atoms with van der Waals surface area (Å²) >= 11 is 0. The molecule has 0 aliphatic rings. The van der Waals surface area contributed by atoms with Crippen molar-refractivity contribution in [3.8, 4) is 0 Å². The van der Waals surface area contributed by atoms with Crippen LogP contribution in [-0.2, 0) is 9.59 Å². The molecule has 3 heteroatoms. The Hall–Kier alpha value is -3.59. The number of carbonyl (C=O) groups excluding carboxylic acids is 3. The predicted octanol–water partition coefficient (Wildman–Crippen LogP) is 5.90. The fraction of sp³-hybridized carbons (Fsp3) is 0.148. The first kappa shape index (κ1) is 19.7. The van der Waals surface area contributed by atoms with Crippen molar-refractivity contribution in [2.24, 2.45) is 0 Å². The molecule has 0 heterocycles. The second-order valence-corrected chi connectivity index (χ2v) is 7.42. The van der Waals surface area contributed by atoms with Crippen LogP contribution in [0.3, 0.4) is 0 Å². The molecule has 4 aromatic rings. The quantitative estimate of drug-likeness (QED) is 0.290. The highest BCUT2D eigenvalue weighted by atomic mass is 16.2. The highest BCUT2D eigenvalue weighted by Crippen LogP contribution is 2.33. The number of fused-ring (bicyclic) bond motifs is 2. The van der Waals surface area contributed by atoms with Gasteiger partial charge < -0.3 is 0 Å². The Balaban J connectivity index is 1.87. The molecule has 0 aliphatic heterocycles. The standard InChI is InChI=1S/C27H22O3/c1-2-25(28)26(29)17-24(22-15-7-11-18-9-3-5-13-20(18)22)27(30)23-16-8-12-19-10-4-6-14-21(19)23/h3-16,24H,2,17H2,1H3. The first-order valence-electron chi connectivity index (χ1n) is 10.2. The Morgan fingerprint density at radius 1 is 0.667 bits per heavy atom. The van der Waals surface area contributed by atoms with Gasteiger partial charge in [-0.25, -0.2) is 0 Å². The summed E-state index contributed by atoms with van der Waals surface area (Å²) in [5, 5.41) is 3.75. The molecule has 0 saturated heterocycles. The average molecular weight is 394 g/mol. The Bertz CT molecular complexity index is 1260. The molecule has 0 saturated carbocycles. The smallest absolute Gasteiger partial charge is 0.199 e. The number of carbonyl (C=O) groups is 3. The minimum absolute atomic E-state index is 0.122. The summed E-state index contributed by atoms with van der Waals surface area (Å²) in [4.78, 5) is 38.4. The lowest BCUT2D eigenvalue weighted by molar-refractivity contribution is -0.136. The van der Waals surface area contributed by atoms with Gasteiger partial charge in [-0.3, -0.25) is 14.4 Å². The number of benzene rings is 4. The molecular weight excluding hydrogens is 372 g/mol. The Kier molecular flexibility index (Phi) is 5.53. The zero-order chi connectivity index (χ0) is 21.1. The van der Waals surface area contributed by atoms with Gasteiger partial charge in [-0.05, 0) is 27.1 Å². The van der Waals surface area contributed by atoms with Crippen LogP contribution in [0.15, 0.2) is 84.9 Å². The molecule has 148 valence electrons. The summed E-state index contributed by atoms with van der Waals surface area (Å²) in [5.41, 5.74) is 1.35. The van der Waals surface area contributed by atoms with Crippen LogP contribution < -0.4 is 0 Å². The van der Waals surface area contributed by atoms with Crippen LogP contribution in [-0.4, -0.2) is 17.3 Å². The van der Waals surface area contributed by atoms with Gasteiger partial charge in [0.2, 0.25) is 0 Å². The summed E-state index contributed by atoms with van der Waals surface area (Å²) < 4.78 is 0. The minimum atomic E-state index is -0.718. The lowest BCUT2D eigenvalue weighted by atomic mass is 9.82. The lowest BCUT2D eigenvalue weighted by Crippen LogP contribution is -2.22. The van der Waals surface area contributed by atoms with Crippen LogP contribution in [0.25, 0.3) is 21.5 Å². The number of Topliss-reactive ketones (excluding diaryl/α,β-unsaturated/α-hetero) is 3. The van der Waals surface area contributed by atoms with E-state index in [1.54, 1.807) is 13.0 Å². The first-order chi connectivity index (χ1) is 14.6. The second-order valence-electron chi connectivity index (χ2n) is 7.42. The summed E-state index contributed by atoms with van der Waals surface area (Å²) in [6.45, 7) is 1.67. The first-order valence-corrected chi connectivity index (χ1v) is 10.2. The van der Waals surface area contributed by atoms with E-state index >= 15 is 0 Å². The van der Waals surface area contributed by atoms with Gasteiger partial charge in [-0.2, -0.15) is 0 Å². The zero-order valence-corrected chi connectivity index (χ0v) is 16.8. The molecule has 30 heavy (non-hydrogen) atoms. The van der Waals surface area contributed by atoms with Crippen molar-refractivity contribution in [1.29, 1.82) is 0 Å². The molecule has 0 amide bonds. The summed E-state index contributed by atoms with van der Waals surface area (Å²) in [5.74, 6) is -1.79. The van der Waals surface area contributed by atoms with Crippen LogP contribution in [0.4, 0.5) is 0 Å². The van der Waals surface area contributed by atoms with Crippen LogP contribution >= 0.6 is 0 Å². The van der Waals surface area contributed by atoms with E-state index in [0.717, 1.165) is 27.1 Å². The number of ketones is 3. The molecule has 1 unspecified atom stereocenters. The number of hydrogen-bond acceptors (Lipinski definition) is 3. The third-order valence-electron chi connectivity index (χ3n) is 5.59. The van der Waals surface area contributed by atoms with Gasteiger partial charge in [-0.15, -0.1) is 0 Å². The highest BCUT2D eigenvalue weighted by Gasteiger charge is 2.29. The Morgan fingerprint density at radius 2 is 1.23 bits per heavy atom. The van der Waals surface area contributed by atoms with Crippen molar-refractivity contribution >= 4 is 38.9 Å². The molecule has 0 bridgehead atoms. The second kappa shape index (κ2) is 8.42. The molecule has 0 aromatic heterocycles. The molecule has 0 radical (unpaired) electrons. The van der Waals surface area contributed by atoms with Crippen molar-refractivity contribution in [1.82, 2.24) is 0 Å². The van der Waals surface area contributed by atoms with E-state index in [0.29, 0.717) is 5.56 Å². The molecule has 4 rings (SSSR count). The van der Waals surface area contributed by atoms with Crippen LogP contribution in [0, 0.1) is 0 Å². The molecule has 4 aromatic carbocycles. The van der Waals surface area contributed by atoms with Gasteiger partial charge in [0.05, 0.1) is 5.92 Å². The van der Waals surface area contributed by atoms with Crippen molar-refractivity contribution < 1.29 is 14.4 Å². The van der Waals surface area contributed by atoms with E-state index in [1.165, 1.54) is 0 Å². The molecule has 0 fully saturated rings. The van der Waals surface area contributed by atoms with Gasteiger partial charge in [0.15, 0.2) is 17.3 Å². The van der Waals surface area contributed by atoms with Crippen LogP contribution in [0.1, 0.15) is 41.6 Å². The maximum atomic E-state index is 13.8. The summed E-state index contributed by atoms with van der Waals surface area (Å²) in [6.07, 6.45) is 0.0201. The normalized spacial score (nSPS) is 12.0. The van der Waals surface area contributed by atoms with E-state index in [4.69, 9.17) is 0 Å². The molecule has 0 N–H and O–H groups in total. The highest BCUT2D eigenvalue weighted by molar-refractivity contribution is 6.37. The summed E-state index contributed by atoms with van der Waals surface area (Å²) in [7, 11) is 0. The van der Waals surface area contributed by atoms with Crippen LogP contribution in [0.2, 0.25) is 0 Å². The molecular formula is C27H22O3. The Morgan fingerprint density at radius 3 is 1.93 bits per heavy atom. The molecule has 3 nitrogen and oxygen atoms in total. The van der Waals surface area contributed by atoms with E-state index < -0.39 is 17.5 Å². The maximum absolute atomic E-state index is 13.8. The van der Waals surface area contributed by atoms with Crippen molar-refractivity contribution in [3.05, 3.63) is 96.1 Å². The average Bonchev–Trinajstić information content (AvgIpc) is 2.80. The molecule has 0 aliphatic carbocycles. The van der Waals surface area contributed by atoms with Gasteiger partial charge in [0.1, 0.15) is 0 Å². The third-order valence-corrected chi connectivity index (χ3v) is 5.59. The molecule has 1 atom stereocenters. The van der Waals surface area contributed by atoms with E-state index in [9.17, 15) is 14.4 Å². The van der Waals surface area contributed by atoms with Gasteiger partial charge >= 0.3 is 0 Å². The largest absolute Gasteiger partial charge is 0.293 e. The van der Waals surface area contributed by atoms with Gasteiger partial charge in [0.25, 0.3) is 0 Å². The fourth-order valence-electron chi connectivity index (χ4n) is 4.02. The SMILES string of the molecule is CCC(=O)C(=O)CC(C(=O)c1cccc2ccccc12)c1cccc2ccccc12. The van der Waals surface area contributed by atoms with Crippen molar-refractivity contribution in [2.45, 2.75) is 25.7 Å². The number of rotatable bonds is 7. The van der Waals surface area contributed by atoms with E-state index in [2.05, 4.69) is 0 Å². The van der Waals surface area contributed by atoms with Crippen molar-refractivity contribution in [2.75, 3.05) is 0 Å². The topological polar surface area (TPSA) is 51.2 Å². The fourth-order valence-corrected chi connectivity index (χ4v) is 4.02. The zero-order valence-electron chi connectivity index (χ0n) is 16.8. The van der Waals surface area contributed by atoms with Crippen molar-refractivity contribution in [3.63, 3.8) is 0 Å². The maximum Gasteiger partial charge on any atom is 0.199 e. The Labute approximate surface area is 175 Å². The monoisotopic (exact) mass is 394 g/mol. The van der Waals surface area contributed by atoms with Gasteiger partial charge in [-0.1, -0.05) is 91.9 Å².